The highest BCUT2D eigenvalue weighted by molar-refractivity contribution is 6.36. The molecule has 0 radical (unpaired) electrons. The topological polar surface area (TPSA) is 28.7 Å². The lowest BCUT2D eigenvalue weighted by atomic mass is 9.91. The molecule has 2 aromatic carbocycles. The predicted octanol–water partition coefficient (Wildman–Crippen LogP) is 5.44. The molecule has 1 aliphatic carbocycles. The van der Waals surface area contributed by atoms with E-state index in [1.54, 1.807) is 0 Å². The Morgan fingerprint density at radius 1 is 0.957 bits per heavy atom. The second kappa shape index (κ2) is 4.59. The van der Waals surface area contributed by atoms with Gasteiger partial charge in [0.05, 0.1) is 21.9 Å². The average Bonchev–Trinajstić information content (AvgIpc) is 2.96. The van der Waals surface area contributed by atoms with Crippen LogP contribution >= 0.6 is 11.6 Å². The lowest BCUT2D eigenvalue weighted by Gasteiger charge is -2.18. The summed E-state index contributed by atoms with van der Waals surface area (Å²) in [5.74, 6) is 0. The first kappa shape index (κ1) is 13.1. The molecule has 0 atom stereocenters. The summed E-state index contributed by atoms with van der Waals surface area (Å²) in [5, 5.41) is 3.21. The zero-order valence-corrected chi connectivity index (χ0v) is 13.5. The first-order valence-corrected chi connectivity index (χ1v) is 8.29. The van der Waals surface area contributed by atoms with Gasteiger partial charge in [0, 0.05) is 16.3 Å². The number of aryl methyl sites for hydroxylation is 2. The average molecular weight is 319 g/mol. The fraction of sp³-hybridized carbons (Fsp3) is 0.150. The molecule has 0 bridgehead atoms. The summed E-state index contributed by atoms with van der Waals surface area (Å²) < 4.78 is 0. The van der Waals surface area contributed by atoms with Crippen molar-refractivity contribution in [2.45, 2.75) is 19.8 Å². The first-order chi connectivity index (χ1) is 11.2. The van der Waals surface area contributed by atoms with E-state index in [9.17, 15) is 0 Å². The molecule has 2 nitrogen and oxygen atoms in total. The van der Waals surface area contributed by atoms with Gasteiger partial charge in [-0.25, -0.2) is 4.98 Å². The van der Waals surface area contributed by atoms with E-state index in [0.717, 1.165) is 40.2 Å². The SMILES string of the molecule is Cc1cccc2c3c([nH]c12)-c1nc2ccccc2c(Cl)c1CC3. The molecule has 0 fully saturated rings. The van der Waals surface area contributed by atoms with Crippen molar-refractivity contribution in [3.8, 4) is 11.4 Å². The predicted molar refractivity (Wildman–Crippen MR) is 96.2 cm³/mol. The molecule has 112 valence electrons. The number of aromatic amines is 1. The van der Waals surface area contributed by atoms with Gasteiger partial charge in [-0.15, -0.1) is 0 Å². The molecule has 1 N–H and O–H groups in total. The second-order valence-corrected chi connectivity index (χ2v) is 6.62. The molecule has 23 heavy (non-hydrogen) atoms. The normalized spacial score (nSPS) is 13.3. The summed E-state index contributed by atoms with van der Waals surface area (Å²) in [5.41, 5.74) is 8.15. The number of hydrogen-bond acceptors (Lipinski definition) is 1. The molecule has 0 aliphatic heterocycles. The number of fused-ring (bicyclic) bond motifs is 6. The van der Waals surface area contributed by atoms with Gasteiger partial charge in [-0.05, 0) is 42.5 Å². The summed E-state index contributed by atoms with van der Waals surface area (Å²) in [4.78, 5) is 8.54. The standard InChI is InChI=1S/C20H15ClN2/c1-11-5-4-7-12-13-9-10-15-17(21)14-6-2-3-8-16(14)22-20(15)19(13)23-18(11)12/h2-8,23H,9-10H2,1H3. The van der Waals surface area contributed by atoms with E-state index in [4.69, 9.17) is 16.6 Å². The first-order valence-electron chi connectivity index (χ1n) is 7.91. The van der Waals surface area contributed by atoms with Crippen LogP contribution in [0.25, 0.3) is 33.2 Å². The molecule has 0 spiro atoms. The van der Waals surface area contributed by atoms with E-state index in [2.05, 4.69) is 36.2 Å². The molecule has 0 saturated carbocycles. The van der Waals surface area contributed by atoms with Gasteiger partial charge in [-0.2, -0.15) is 0 Å². The Bertz CT molecular complexity index is 1090. The summed E-state index contributed by atoms with van der Waals surface area (Å²) >= 11 is 6.70. The molecular formula is C20H15ClN2. The molecule has 2 aromatic heterocycles. The number of rotatable bonds is 0. The van der Waals surface area contributed by atoms with Crippen LogP contribution < -0.4 is 0 Å². The van der Waals surface area contributed by atoms with Gasteiger partial charge in [0.25, 0.3) is 0 Å². The van der Waals surface area contributed by atoms with Crippen molar-refractivity contribution in [3.05, 3.63) is 64.2 Å². The Morgan fingerprint density at radius 3 is 2.65 bits per heavy atom. The van der Waals surface area contributed by atoms with Crippen LogP contribution in [0.2, 0.25) is 5.02 Å². The summed E-state index contributed by atoms with van der Waals surface area (Å²) in [7, 11) is 0. The molecule has 3 heteroatoms. The van der Waals surface area contributed by atoms with Gasteiger partial charge in [-0.3, -0.25) is 0 Å². The molecule has 0 saturated heterocycles. The van der Waals surface area contributed by atoms with Crippen molar-refractivity contribution >= 4 is 33.4 Å². The number of pyridine rings is 1. The summed E-state index contributed by atoms with van der Waals surface area (Å²) in [6.45, 7) is 2.14. The van der Waals surface area contributed by atoms with Gasteiger partial charge in [-0.1, -0.05) is 48.0 Å². The number of benzene rings is 2. The van der Waals surface area contributed by atoms with Crippen LogP contribution in [0.1, 0.15) is 16.7 Å². The molecule has 5 rings (SSSR count). The summed E-state index contributed by atoms with van der Waals surface area (Å²) in [6.07, 6.45) is 1.95. The highest BCUT2D eigenvalue weighted by Crippen LogP contribution is 2.41. The van der Waals surface area contributed by atoms with E-state index in [-0.39, 0.29) is 0 Å². The lowest BCUT2D eigenvalue weighted by molar-refractivity contribution is 0.938. The lowest BCUT2D eigenvalue weighted by Crippen LogP contribution is -2.06. The maximum atomic E-state index is 6.70. The van der Waals surface area contributed by atoms with Crippen molar-refractivity contribution in [1.29, 1.82) is 0 Å². The van der Waals surface area contributed by atoms with Crippen molar-refractivity contribution < 1.29 is 0 Å². The van der Waals surface area contributed by atoms with Gasteiger partial charge in [0.15, 0.2) is 0 Å². The van der Waals surface area contributed by atoms with Crippen molar-refractivity contribution in [3.63, 3.8) is 0 Å². The smallest absolute Gasteiger partial charge is 0.0922 e. The Hall–Kier alpha value is -2.32. The van der Waals surface area contributed by atoms with E-state index >= 15 is 0 Å². The monoisotopic (exact) mass is 318 g/mol. The largest absolute Gasteiger partial charge is 0.353 e. The number of nitrogens with zero attached hydrogens (tertiary/aromatic N) is 1. The zero-order valence-electron chi connectivity index (χ0n) is 12.8. The fourth-order valence-electron chi connectivity index (χ4n) is 3.78. The Morgan fingerprint density at radius 2 is 1.74 bits per heavy atom. The number of para-hydroxylation sites is 2. The van der Waals surface area contributed by atoms with Crippen molar-refractivity contribution in [2.75, 3.05) is 0 Å². The second-order valence-electron chi connectivity index (χ2n) is 6.25. The zero-order chi connectivity index (χ0) is 15.6. The van der Waals surface area contributed by atoms with Gasteiger partial charge < -0.3 is 4.98 Å². The van der Waals surface area contributed by atoms with Crippen LogP contribution in [-0.2, 0) is 12.8 Å². The highest BCUT2D eigenvalue weighted by Gasteiger charge is 2.25. The minimum atomic E-state index is 0.853. The Balaban J connectivity index is 1.90. The van der Waals surface area contributed by atoms with Crippen LogP contribution in [0.5, 0.6) is 0 Å². The van der Waals surface area contributed by atoms with Gasteiger partial charge in [0.2, 0.25) is 0 Å². The van der Waals surface area contributed by atoms with Crippen molar-refractivity contribution in [2.24, 2.45) is 0 Å². The maximum absolute atomic E-state index is 6.70. The molecule has 0 amide bonds. The quantitative estimate of drug-likeness (QED) is 0.459. The van der Waals surface area contributed by atoms with E-state index < -0.39 is 0 Å². The van der Waals surface area contributed by atoms with Crippen LogP contribution in [0.15, 0.2) is 42.5 Å². The number of nitrogens with one attached hydrogen (secondary N) is 1. The van der Waals surface area contributed by atoms with Gasteiger partial charge in [0.1, 0.15) is 0 Å². The number of hydrogen-bond donors (Lipinski definition) is 1. The van der Waals surface area contributed by atoms with Gasteiger partial charge >= 0.3 is 0 Å². The minimum absolute atomic E-state index is 0.853. The molecule has 1 aliphatic rings. The maximum Gasteiger partial charge on any atom is 0.0922 e. The fourth-order valence-corrected chi connectivity index (χ4v) is 4.12. The molecule has 0 unspecified atom stereocenters. The van der Waals surface area contributed by atoms with Crippen molar-refractivity contribution in [1.82, 2.24) is 9.97 Å². The highest BCUT2D eigenvalue weighted by atomic mass is 35.5. The summed E-state index contributed by atoms with van der Waals surface area (Å²) in [6, 6.07) is 14.6. The molecule has 2 heterocycles. The van der Waals surface area contributed by atoms with Crippen LogP contribution in [0.4, 0.5) is 0 Å². The Kier molecular flexibility index (Phi) is 2.62. The van der Waals surface area contributed by atoms with Crippen LogP contribution in [-0.4, -0.2) is 9.97 Å². The van der Waals surface area contributed by atoms with E-state index in [1.807, 2.05) is 18.2 Å². The van der Waals surface area contributed by atoms with Crippen LogP contribution in [0, 0.1) is 6.92 Å². The number of H-pyrrole nitrogens is 1. The van der Waals surface area contributed by atoms with E-state index in [0.29, 0.717) is 0 Å². The minimum Gasteiger partial charge on any atom is -0.353 e. The van der Waals surface area contributed by atoms with E-state index in [1.165, 1.54) is 27.6 Å². The third-order valence-electron chi connectivity index (χ3n) is 4.94. The Labute approximate surface area is 139 Å². The van der Waals surface area contributed by atoms with Crippen LogP contribution in [0.3, 0.4) is 0 Å². The third-order valence-corrected chi connectivity index (χ3v) is 5.37. The molecule has 4 aromatic rings. The number of aromatic nitrogens is 2. The third kappa shape index (κ3) is 1.73. The molecular weight excluding hydrogens is 304 g/mol. The number of halogens is 1.